The minimum atomic E-state index is -1.11. The molecule has 0 atom stereocenters. The quantitative estimate of drug-likeness (QED) is 0.757. The van der Waals surface area contributed by atoms with Gasteiger partial charge in [-0.25, -0.2) is 4.79 Å². The number of carboxylic acid groups (broad SMARTS) is 1. The Labute approximate surface area is 126 Å². The van der Waals surface area contributed by atoms with E-state index in [0.717, 1.165) is 5.56 Å². The normalized spacial score (nSPS) is 10.1. The second kappa shape index (κ2) is 6.28. The lowest BCUT2D eigenvalue weighted by atomic mass is 10.1. The number of rotatable bonds is 4. The summed E-state index contributed by atoms with van der Waals surface area (Å²) < 4.78 is 0. The van der Waals surface area contributed by atoms with Gasteiger partial charge in [-0.1, -0.05) is 23.7 Å². The maximum absolute atomic E-state index is 11.9. The summed E-state index contributed by atoms with van der Waals surface area (Å²) in [6.45, 7) is 0. The van der Waals surface area contributed by atoms with Crippen LogP contribution in [0.3, 0.4) is 0 Å². The number of nitrogen functional groups attached to an aromatic ring is 1. The third-order valence-electron chi connectivity index (χ3n) is 2.74. The smallest absolute Gasteiger partial charge is 0.335 e. The van der Waals surface area contributed by atoms with Crippen molar-refractivity contribution in [2.75, 3.05) is 11.1 Å². The fourth-order valence-corrected chi connectivity index (χ4v) is 2.11. The molecule has 0 aliphatic rings. The first-order valence-corrected chi connectivity index (χ1v) is 6.50. The van der Waals surface area contributed by atoms with Gasteiger partial charge >= 0.3 is 5.97 Å². The Morgan fingerprint density at radius 2 is 1.95 bits per heavy atom. The van der Waals surface area contributed by atoms with E-state index in [4.69, 9.17) is 22.4 Å². The molecule has 1 amide bonds. The molecule has 0 bridgehead atoms. The van der Waals surface area contributed by atoms with Crippen molar-refractivity contribution in [3.8, 4) is 0 Å². The van der Waals surface area contributed by atoms with E-state index in [0.29, 0.717) is 11.4 Å². The molecule has 0 aromatic heterocycles. The second-order valence-electron chi connectivity index (χ2n) is 4.50. The highest BCUT2D eigenvalue weighted by atomic mass is 35.5. The molecule has 5 nitrogen and oxygen atoms in total. The zero-order valence-electron chi connectivity index (χ0n) is 11.0. The van der Waals surface area contributed by atoms with E-state index in [1.807, 2.05) is 0 Å². The Balaban J connectivity index is 2.11. The maximum atomic E-state index is 11.9. The number of hydrogen-bond acceptors (Lipinski definition) is 3. The van der Waals surface area contributed by atoms with Crippen molar-refractivity contribution in [1.29, 1.82) is 0 Å². The number of nitrogens with two attached hydrogens (primary N) is 1. The average molecular weight is 305 g/mol. The summed E-state index contributed by atoms with van der Waals surface area (Å²) in [7, 11) is 0. The zero-order chi connectivity index (χ0) is 15.4. The molecule has 0 spiro atoms. The number of nitrogens with one attached hydrogen (secondary N) is 1. The van der Waals surface area contributed by atoms with Gasteiger partial charge in [0.25, 0.3) is 0 Å². The van der Waals surface area contributed by atoms with Gasteiger partial charge in [-0.3, -0.25) is 4.79 Å². The molecular formula is C15H13ClN2O3. The number of benzene rings is 2. The van der Waals surface area contributed by atoms with Crippen molar-refractivity contribution in [3.05, 3.63) is 58.6 Å². The van der Waals surface area contributed by atoms with Crippen molar-refractivity contribution in [2.45, 2.75) is 6.42 Å². The number of carboxylic acids is 1. The van der Waals surface area contributed by atoms with Crippen LogP contribution in [0.1, 0.15) is 15.9 Å². The van der Waals surface area contributed by atoms with Gasteiger partial charge in [-0.05, 0) is 35.9 Å². The number of hydrogen-bond donors (Lipinski definition) is 3. The molecular weight excluding hydrogens is 292 g/mol. The maximum Gasteiger partial charge on any atom is 0.335 e. The van der Waals surface area contributed by atoms with E-state index in [1.165, 1.54) is 18.2 Å². The van der Waals surface area contributed by atoms with Crippen LogP contribution in [-0.4, -0.2) is 17.0 Å². The third-order valence-corrected chi connectivity index (χ3v) is 2.96. The van der Waals surface area contributed by atoms with Gasteiger partial charge in [-0.15, -0.1) is 0 Å². The predicted octanol–water partition coefficient (Wildman–Crippen LogP) is 2.80. The largest absolute Gasteiger partial charge is 0.478 e. The van der Waals surface area contributed by atoms with Crippen LogP contribution in [0.5, 0.6) is 0 Å². The van der Waals surface area contributed by atoms with Gasteiger partial charge in [-0.2, -0.15) is 0 Å². The SMILES string of the molecule is Nc1cccc(CC(=O)Nc2cc(Cl)cc(C(=O)O)c2)c1. The summed E-state index contributed by atoms with van der Waals surface area (Å²) in [5, 5.41) is 11.8. The average Bonchev–Trinajstić information content (AvgIpc) is 2.37. The molecule has 2 aromatic rings. The molecule has 0 saturated heterocycles. The predicted molar refractivity (Wildman–Crippen MR) is 81.6 cm³/mol. The van der Waals surface area contributed by atoms with Crippen LogP contribution in [-0.2, 0) is 11.2 Å². The highest BCUT2D eigenvalue weighted by Crippen LogP contribution is 2.19. The summed E-state index contributed by atoms with van der Waals surface area (Å²) in [6.07, 6.45) is 0.139. The molecule has 2 aromatic carbocycles. The monoisotopic (exact) mass is 304 g/mol. The van der Waals surface area contributed by atoms with Crippen LogP contribution >= 0.6 is 11.6 Å². The van der Waals surface area contributed by atoms with Crippen LogP contribution < -0.4 is 11.1 Å². The summed E-state index contributed by atoms with van der Waals surface area (Å²) in [4.78, 5) is 22.9. The van der Waals surface area contributed by atoms with Crippen molar-refractivity contribution < 1.29 is 14.7 Å². The van der Waals surface area contributed by atoms with Crippen LogP contribution in [0.2, 0.25) is 5.02 Å². The van der Waals surface area contributed by atoms with Gasteiger partial charge in [0.2, 0.25) is 5.91 Å². The third kappa shape index (κ3) is 4.22. The van der Waals surface area contributed by atoms with E-state index < -0.39 is 5.97 Å². The van der Waals surface area contributed by atoms with Gasteiger partial charge in [0.1, 0.15) is 0 Å². The number of aromatic carboxylic acids is 1. The Bertz CT molecular complexity index is 701. The Hall–Kier alpha value is -2.53. The summed E-state index contributed by atoms with van der Waals surface area (Å²) >= 11 is 5.83. The standard InChI is InChI=1S/C15H13ClN2O3/c16-11-6-10(15(20)21)7-13(8-11)18-14(19)5-9-2-1-3-12(17)4-9/h1-4,6-8H,5,17H2,(H,18,19)(H,20,21). The minimum Gasteiger partial charge on any atom is -0.478 e. The van der Waals surface area contributed by atoms with Crippen molar-refractivity contribution >= 4 is 34.9 Å². The molecule has 0 aliphatic carbocycles. The van der Waals surface area contributed by atoms with Crippen molar-refractivity contribution in [1.82, 2.24) is 0 Å². The molecule has 21 heavy (non-hydrogen) atoms. The first-order valence-electron chi connectivity index (χ1n) is 6.12. The first-order chi connectivity index (χ1) is 9.94. The van der Waals surface area contributed by atoms with Crippen LogP contribution in [0, 0.1) is 0 Å². The Kier molecular flexibility index (Phi) is 4.45. The van der Waals surface area contributed by atoms with Crippen LogP contribution in [0.4, 0.5) is 11.4 Å². The minimum absolute atomic E-state index is 0.0155. The van der Waals surface area contributed by atoms with Crippen LogP contribution in [0.15, 0.2) is 42.5 Å². The molecule has 0 unspecified atom stereocenters. The van der Waals surface area contributed by atoms with Gasteiger partial charge in [0.05, 0.1) is 12.0 Å². The molecule has 6 heteroatoms. The highest BCUT2D eigenvalue weighted by molar-refractivity contribution is 6.31. The fourth-order valence-electron chi connectivity index (χ4n) is 1.88. The molecule has 0 heterocycles. The number of anilines is 2. The Morgan fingerprint density at radius 1 is 1.19 bits per heavy atom. The molecule has 0 aliphatic heterocycles. The molecule has 0 saturated carbocycles. The van der Waals surface area contributed by atoms with Crippen molar-refractivity contribution in [3.63, 3.8) is 0 Å². The van der Waals surface area contributed by atoms with Crippen LogP contribution in [0.25, 0.3) is 0 Å². The molecule has 0 fully saturated rings. The second-order valence-corrected chi connectivity index (χ2v) is 4.94. The van der Waals surface area contributed by atoms with E-state index in [9.17, 15) is 9.59 Å². The number of carbonyl (C=O) groups is 2. The number of amides is 1. The summed E-state index contributed by atoms with van der Waals surface area (Å²) in [5.41, 5.74) is 7.35. The fraction of sp³-hybridized carbons (Fsp3) is 0.0667. The van der Waals surface area contributed by atoms with Gasteiger partial charge in [0, 0.05) is 16.4 Å². The lowest BCUT2D eigenvalue weighted by Crippen LogP contribution is -2.15. The molecule has 0 radical (unpaired) electrons. The lowest BCUT2D eigenvalue weighted by molar-refractivity contribution is -0.115. The summed E-state index contributed by atoms with van der Waals surface area (Å²) in [6, 6.07) is 11.2. The molecule has 2 rings (SSSR count). The van der Waals surface area contributed by atoms with Crippen molar-refractivity contribution in [2.24, 2.45) is 0 Å². The Morgan fingerprint density at radius 3 is 2.62 bits per heavy atom. The number of halogens is 1. The lowest BCUT2D eigenvalue weighted by Gasteiger charge is -2.07. The molecule has 108 valence electrons. The van der Waals surface area contributed by atoms with E-state index in [-0.39, 0.29) is 22.9 Å². The summed E-state index contributed by atoms with van der Waals surface area (Å²) in [5.74, 6) is -1.39. The van der Waals surface area contributed by atoms with E-state index in [1.54, 1.807) is 24.3 Å². The van der Waals surface area contributed by atoms with E-state index >= 15 is 0 Å². The number of carbonyl (C=O) groups excluding carboxylic acids is 1. The van der Waals surface area contributed by atoms with E-state index in [2.05, 4.69) is 5.32 Å². The first kappa shape index (κ1) is 14.9. The highest BCUT2D eigenvalue weighted by Gasteiger charge is 2.09. The zero-order valence-corrected chi connectivity index (χ0v) is 11.7. The van der Waals surface area contributed by atoms with Gasteiger partial charge < -0.3 is 16.2 Å². The topological polar surface area (TPSA) is 92.4 Å². The molecule has 4 N–H and O–H groups in total. The van der Waals surface area contributed by atoms with Gasteiger partial charge in [0.15, 0.2) is 0 Å².